The zero-order chi connectivity index (χ0) is 21.1. The number of carbonyl (C=O) groups excluding carboxylic acids is 2. The number of nitrogens with zero attached hydrogens (tertiary/aromatic N) is 2. The Morgan fingerprint density at radius 1 is 1.21 bits per heavy atom. The molecule has 0 aliphatic carbocycles. The van der Waals surface area contributed by atoms with Gasteiger partial charge in [0.25, 0.3) is 0 Å². The van der Waals surface area contributed by atoms with E-state index in [1.54, 1.807) is 25.2 Å². The summed E-state index contributed by atoms with van der Waals surface area (Å²) in [5.41, 5.74) is 0.931. The highest BCUT2D eigenvalue weighted by molar-refractivity contribution is 8.15. The number of aromatic carboxylic acids is 1. The number of amidine groups is 1. The first-order valence-electron chi connectivity index (χ1n) is 8.36. The van der Waals surface area contributed by atoms with Crippen molar-refractivity contribution in [2.75, 3.05) is 17.3 Å². The molecule has 1 saturated heterocycles. The third kappa shape index (κ3) is 4.72. The molecule has 0 radical (unpaired) electrons. The van der Waals surface area contributed by atoms with Gasteiger partial charge in [0, 0.05) is 18.5 Å². The van der Waals surface area contributed by atoms with E-state index in [9.17, 15) is 14.4 Å². The van der Waals surface area contributed by atoms with Crippen molar-refractivity contribution in [2.24, 2.45) is 4.99 Å². The van der Waals surface area contributed by atoms with E-state index >= 15 is 0 Å². The standard InChI is InChI=1S/C19H15Cl2N3O4S/c1-22-19(23-14-8-11(20)4-7-13(14)21)29-15-9-16(25)24(17(15)26)12-5-2-10(3-6-12)18(27)28/h2-8,15H,9H2,1H3,(H,22,23)(H,27,28)/t15-/m1/s1. The number of thioether (sulfide) groups is 1. The number of imide groups is 1. The molecule has 2 amide bonds. The molecule has 1 aliphatic heterocycles. The summed E-state index contributed by atoms with van der Waals surface area (Å²) in [5, 5.41) is 12.7. The maximum Gasteiger partial charge on any atom is 0.335 e. The lowest BCUT2D eigenvalue weighted by molar-refractivity contribution is -0.121. The Kier molecular flexibility index (Phi) is 6.46. The highest BCUT2D eigenvalue weighted by atomic mass is 35.5. The Balaban J connectivity index is 1.74. The van der Waals surface area contributed by atoms with Crippen molar-refractivity contribution in [2.45, 2.75) is 11.7 Å². The smallest absolute Gasteiger partial charge is 0.335 e. The molecule has 1 heterocycles. The quantitative estimate of drug-likeness (QED) is 0.411. The minimum atomic E-state index is -1.08. The first-order valence-corrected chi connectivity index (χ1v) is 9.99. The number of halogens is 2. The van der Waals surface area contributed by atoms with Crippen LogP contribution in [0, 0.1) is 0 Å². The SMILES string of the molecule is CN=C(Nc1cc(Cl)ccc1Cl)S[C@@H]1CC(=O)N(c2ccc(C(=O)O)cc2)C1=O. The fourth-order valence-electron chi connectivity index (χ4n) is 2.70. The van der Waals surface area contributed by atoms with E-state index < -0.39 is 17.1 Å². The number of nitrogens with one attached hydrogen (secondary N) is 1. The van der Waals surface area contributed by atoms with Crippen LogP contribution >= 0.6 is 35.0 Å². The molecule has 2 N–H and O–H groups in total. The number of rotatable bonds is 4. The topological polar surface area (TPSA) is 99.1 Å². The number of carboxylic acid groups (broad SMARTS) is 1. The lowest BCUT2D eigenvalue weighted by atomic mass is 10.2. The average Bonchev–Trinajstić information content (AvgIpc) is 2.97. The summed E-state index contributed by atoms with van der Waals surface area (Å²) in [6.07, 6.45) is -0.00579. The third-order valence-electron chi connectivity index (χ3n) is 4.10. The molecule has 0 bridgehead atoms. The van der Waals surface area contributed by atoms with Gasteiger partial charge in [-0.15, -0.1) is 0 Å². The second kappa shape index (κ2) is 8.86. The van der Waals surface area contributed by atoms with Gasteiger partial charge in [-0.2, -0.15) is 0 Å². The van der Waals surface area contributed by atoms with E-state index in [0.29, 0.717) is 26.6 Å². The summed E-state index contributed by atoms with van der Waals surface area (Å²) in [6, 6.07) is 10.5. The van der Waals surface area contributed by atoms with E-state index in [1.165, 1.54) is 24.3 Å². The number of carbonyl (C=O) groups is 3. The molecule has 1 aliphatic rings. The van der Waals surface area contributed by atoms with Crippen molar-refractivity contribution < 1.29 is 19.5 Å². The predicted octanol–water partition coefficient (Wildman–Crippen LogP) is 4.15. The minimum Gasteiger partial charge on any atom is -0.478 e. The van der Waals surface area contributed by atoms with Crippen LogP contribution < -0.4 is 10.2 Å². The van der Waals surface area contributed by atoms with Gasteiger partial charge < -0.3 is 10.4 Å². The molecule has 0 spiro atoms. The molecule has 7 nitrogen and oxygen atoms in total. The van der Waals surface area contributed by atoms with Crippen LogP contribution in [0.1, 0.15) is 16.8 Å². The van der Waals surface area contributed by atoms with Crippen LogP contribution in [0.4, 0.5) is 11.4 Å². The fourth-order valence-corrected chi connectivity index (χ4v) is 4.01. The van der Waals surface area contributed by atoms with E-state index in [4.69, 9.17) is 28.3 Å². The number of benzene rings is 2. The van der Waals surface area contributed by atoms with Crippen LogP contribution in [0.2, 0.25) is 10.0 Å². The van der Waals surface area contributed by atoms with Crippen molar-refractivity contribution in [3.8, 4) is 0 Å². The third-order valence-corrected chi connectivity index (χ3v) is 5.83. The van der Waals surface area contributed by atoms with E-state index in [1.807, 2.05) is 0 Å². The van der Waals surface area contributed by atoms with Crippen LogP contribution in [-0.4, -0.2) is 40.4 Å². The Morgan fingerprint density at radius 3 is 2.52 bits per heavy atom. The Bertz CT molecular complexity index is 1010. The van der Waals surface area contributed by atoms with E-state index in [2.05, 4.69) is 10.3 Å². The normalized spacial score (nSPS) is 17.0. The number of hydrogen-bond donors (Lipinski definition) is 2. The van der Waals surface area contributed by atoms with Crippen LogP contribution in [0.15, 0.2) is 47.5 Å². The van der Waals surface area contributed by atoms with Gasteiger partial charge in [0.1, 0.15) is 5.25 Å². The molecule has 2 aromatic carbocycles. The number of aliphatic imine (C=N–C) groups is 1. The maximum absolute atomic E-state index is 12.8. The summed E-state index contributed by atoms with van der Waals surface area (Å²) < 4.78 is 0. The van der Waals surface area contributed by atoms with Gasteiger partial charge in [0.15, 0.2) is 5.17 Å². The Labute approximate surface area is 180 Å². The minimum absolute atomic E-state index is 0.00579. The van der Waals surface area contributed by atoms with Crippen LogP contribution in [0.5, 0.6) is 0 Å². The summed E-state index contributed by atoms with van der Waals surface area (Å²) >= 11 is 13.2. The van der Waals surface area contributed by atoms with Crippen LogP contribution in [0.3, 0.4) is 0 Å². The van der Waals surface area contributed by atoms with Gasteiger partial charge in [-0.05, 0) is 42.5 Å². The predicted molar refractivity (Wildman–Crippen MR) is 115 cm³/mol. The molecule has 0 aromatic heterocycles. The molecule has 10 heteroatoms. The van der Waals surface area contributed by atoms with Gasteiger partial charge in [0.2, 0.25) is 11.8 Å². The molecule has 0 unspecified atom stereocenters. The lowest BCUT2D eigenvalue weighted by Gasteiger charge is -2.16. The molecule has 0 saturated carbocycles. The van der Waals surface area contributed by atoms with Gasteiger partial charge in [-0.25, -0.2) is 9.69 Å². The number of carboxylic acids is 1. The Morgan fingerprint density at radius 2 is 1.90 bits per heavy atom. The number of anilines is 2. The summed E-state index contributed by atoms with van der Waals surface area (Å²) in [5.74, 6) is -1.85. The van der Waals surface area contributed by atoms with Crippen molar-refractivity contribution >= 4 is 69.3 Å². The first-order chi connectivity index (χ1) is 13.8. The second-order valence-electron chi connectivity index (χ2n) is 6.01. The molecular formula is C19H15Cl2N3O4S. The van der Waals surface area contributed by atoms with Crippen LogP contribution in [0.25, 0.3) is 0 Å². The molecule has 2 aromatic rings. The van der Waals surface area contributed by atoms with E-state index in [0.717, 1.165) is 16.7 Å². The highest BCUT2D eigenvalue weighted by Gasteiger charge is 2.40. The maximum atomic E-state index is 12.8. The zero-order valence-electron chi connectivity index (χ0n) is 15.1. The van der Waals surface area contributed by atoms with Crippen molar-refractivity contribution in [1.82, 2.24) is 0 Å². The Hall–Kier alpha value is -2.55. The van der Waals surface area contributed by atoms with Gasteiger partial charge in [0.05, 0.1) is 22.0 Å². The molecule has 3 rings (SSSR count). The summed E-state index contributed by atoms with van der Waals surface area (Å²) in [4.78, 5) is 41.4. The molecular weight excluding hydrogens is 437 g/mol. The molecule has 1 atom stereocenters. The average molecular weight is 452 g/mol. The monoisotopic (exact) mass is 451 g/mol. The second-order valence-corrected chi connectivity index (χ2v) is 8.04. The molecule has 29 heavy (non-hydrogen) atoms. The lowest BCUT2D eigenvalue weighted by Crippen LogP contribution is -2.31. The van der Waals surface area contributed by atoms with Gasteiger partial charge in [-0.3, -0.25) is 14.6 Å². The van der Waals surface area contributed by atoms with Crippen LogP contribution in [-0.2, 0) is 9.59 Å². The number of amides is 2. The van der Waals surface area contributed by atoms with E-state index in [-0.39, 0.29) is 17.9 Å². The summed E-state index contributed by atoms with van der Waals surface area (Å²) in [6.45, 7) is 0. The number of hydrogen-bond acceptors (Lipinski definition) is 5. The van der Waals surface area contributed by atoms with Crippen molar-refractivity contribution in [3.05, 3.63) is 58.1 Å². The van der Waals surface area contributed by atoms with Crippen molar-refractivity contribution in [3.63, 3.8) is 0 Å². The molecule has 1 fully saturated rings. The van der Waals surface area contributed by atoms with Gasteiger partial charge >= 0.3 is 5.97 Å². The summed E-state index contributed by atoms with van der Waals surface area (Å²) in [7, 11) is 1.55. The highest BCUT2D eigenvalue weighted by Crippen LogP contribution is 2.32. The largest absolute Gasteiger partial charge is 0.478 e. The molecule has 150 valence electrons. The van der Waals surface area contributed by atoms with Gasteiger partial charge in [-0.1, -0.05) is 35.0 Å². The first kappa shape index (κ1) is 21.2. The van der Waals surface area contributed by atoms with Crippen molar-refractivity contribution in [1.29, 1.82) is 0 Å². The zero-order valence-corrected chi connectivity index (χ0v) is 17.4. The fraction of sp³-hybridized carbons (Fsp3) is 0.158.